The summed E-state index contributed by atoms with van der Waals surface area (Å²) >= 11 is 0. The highest BCUT2D eigenvalue weighted by molar-refractivity contribution is 5.53. The maximum Gasteiger partial charge on any atom is 0.503 e. The first-order valence-corrected chi connectivity index (χ1v) is 4.30. The average Bonchev–Trinajstić information content (AvgIpc) is 2.55. The Morgan fingerprint density at radius 1 is 1.50 bits per heavy atom. The first-order valence-electron chi connectivity index (χ1n) is 4.30. The minimum Gasteiger partial charge on any atom is -0.450 e. The Morgan fingerprint density at radius 3 is 2.29 bits per heavy atom. The second-order valence-corrected chi connectivity index (χ2v) is 3.42. The van der Waals surface area contributed by atoms with Crippen molar-refractivity contribution < 1.29 is 15.0 Å². The van der Waals surface area contributed by atoms with Crippen molar-refractivity contribution in [1.29, 1.82) is 0 Å². The molecule has 0 aliphatic carbocycles. The molecular formula is C9H16N2O3. The Bertz CT molecular complexity index is 264. The molecule has 2 N–H and O–H groups in total. The molecule has 5 heteroatoms. The topological polar surface area (TPSA) is 75.4 Å². The fraction of sp³-hybridized carbons (Fsp3) is 0.556. The van der Waals surface area contributed by atoms with Crippen LogP contribution in [0.1, 0.15) is 27.2 Å². The average molecular weight is 200 g/mol. The SMILES string of the molecule is CCC(C)(C)n1ccnc1.O=C(O)O. The van der Waals surface area contributed by atoms with Crippen LogP contribution in [0.4, 0.5) is 4.79 Å². The number of rotatable bonds is 2. The lowest BCUT2D eigenvalue weighted by Gasteiger charge is -2.24. The van der Waals surface area contributed by atoms with Gasteiger partial charge in [-0.05, 0) is 20.3 Å². The largest absolute Gasteiger partial charge is 0.503 e. The molecule has 0 saturated carbocycles. The molecule has 0 atom stereocenters. The summed E-state index contributed by atoms with van der Waals surface area (Å²) in [6, 6.07) is 0. The number of imidazole rings is 1. The van der Waals surface area contributed by atoms with E-state index in [1.807, 2.05) is 18.7 Å². The Labute approximate surface area is 83.0 Å². The van der Waals surface area contributed by atoms with Gasteiger partial charge >= 0.3 is 6.16 Å². The zero-order valence-corrected chi connectivity index (χ0v) is 8.64. The maximum atomic E-state index is 8.56. The number of hydrogen-bond acceptors (Lipinski definition) is 2. The van der Waals surface area contributed by atoms with Crippen molar-refractivity contribution in [1.82, 2.24) is 9.55 Å². The lowest BCUT2D eigenvalue weighted by atomic mass is 10.0. The first-order chi connectivity index (χ1) is 6.40. The van der Waals surface area contributed by atoms with E-state index in [-0.39, 0.29) is 5.54 Å². The predicted molar refractivity (Wildman–Crippen MR) is 52.5 cm³/mol. The monoisotopic (exact) mass is 200 g/mol. The van der Waals surface area contributed by atoms with E-state index in [2.05, 4.69) is 30.3 Å². The summed E-state index contributed by atoms with van der Waals surface area (Å²) < 4.78 is 2.13. The van der Waals surface area contributed by atoms with Crippen molar-refractivity contribution in [2.24, 2.45) is 0 Å². The Kier molecular flexibility index (Phi) is 4.69. The van der Waals surface area contributed by atoms with Crippen molar-refractivity contribution >= 4 is 6.16 Å². The second-order valence-electron chi connectivity index (χ2n) is 3.42. The molecule has 0 aliphatic rings. The summed E-state index contributed by atoms with van der Waals surface area (Å²) in [5, 5.41) is 13.9. The summed E-state index contributed by atoms with van der Waals surface area (Å²) in [7, 11) is 0. The van der Waals surface area contributed by atoms with Crippen LogP contribution >= 0.6 is 0 Å². The summed E-state index contributed by atoms with van der Waals surface area (Å²) in [4.78, 5) is 12.6. The van der Waals surface area contributed by atoms with Gasteiger partial charge in [-0.25, -0.2) is 9.78 Å². The number of carbonyl (C=O) groups is 1. The van der Waals surface area contributed by atoms with E-state index in [1.54, 1.807) is 0 Å². The third-order valence-corrected chi connectivity index (χ3v) is 2.07. The Balaban J connectivity index is 0.000000364. The molecule has 0 spiro atoms. The van der Waals surface area contributed by atoms with Crippen LogP contribution in [0, 0.1) is 0 Å². The van der Waals surface area contributed by atoms with E-state index >= 15 is 0 Å². The van der Waals surface area contributed by atoms with Crippen LogP contribution in [-0.2, 0) is 5.54 Å². The molecule has 80 valence electrons. The minimum atomic E-state index is -1.83. The van der Waals surface area contributed by atoms with E-state index in [4.69, 9.17) is 15.0 Å². The summed E-state index contributed by atoms with van der Waals surface area (Å²) in [5.74, 6) is 0. The smallest absolute Gasteiger partial charge is 0.450 e. The van der Waals surface area contributed by atoms with Gasteiger partial charge in [0.25, 0.3) is 0 Å². The van der Waals surface area contributed by atoms with Gasteiger partial charge in [0.15, 0.2) is 0 Å². The third kappa shape index (κ3) is 4.49. The van der Waals surface area contributed by atoms with Crippen molar-refractivity contribution in [3.8, 4) is 0 Å². The second kappa shape index (κ2) is 5.26. The van der Waals surface area contributed by atoms with Gasteiger partial charge in [-0.15, -0.1) is 0 Å². The van der Waals surface area contributed by atoms with Crippen LogP contribution in [-0.4, -0.2) is 25.9 Å². The van der Waals surface area contributed by atoms with Crippen LogP contribution < -0.4 is 0 Å². The van der Waals surface area contributed by atoms with Crippen molar-refractivity contribution in [3.63, 3.8) is 0 Å². The minimum absolute atomic E-state index is 0.219. The molecule has 0 radical (unpaired) electrons. The Morgan fingerprint density at radius 2 is 2.00 bits per heavy atom. The quantitative estimate of drug-likeness (QED) is 0.767. The highest BCUT2D eigenvalue weighted by Crippen LogP contribution is 2.17. The van der Waals surface area contributed by atoms with Gasteiger partial charge in [0, 0.05) is 17.9 Å². The van der Waals surface area contributed by atoms with Gasteiger partial charge in [0.05, 0.1) is 6.33 Å². The van der Waals surface area contributed by atoms with E-state index < -0.39 is 6.16 Å². The fourth-order valence-electron chi connectivity index (χ4n) is 0.800. The molecule has 14 heavy (non-hydrogen) atoms. The van der Waals surface area contributed by atoms with E-state index in [0.29, 0.717) is 0 Å². The Hall–Kier alpha value is -1.52. The first kappa shape index (κ1) is 12.5. The molecule has 1 aromatic rings. The molecule has 1 rings (SSSR count). The maximum absolute atomic E-state index is 8.56. The molecule has 0 fully saturated rings. The zero-order valence-electron chi connectivity index (χ0n) is 8.64. The number of carboxylic acid groups (broad SMARTS) is 2. The van der Waals surface area contributed by atoms with Crippen LogP contribution in [0.2, 0.25) is 0 Å². The summed E-state index contributed by atoms with van der Waals surface area (Å²) in [6.07, 6.45) is 4.98. The third-order valence-electron chi connectivity index (χ3n) is 2.07. The standard InChI is InChI=1S/C8H14N2.CH2O3/c1-4-8(2,3)10-6-5-9-7-10;2-1(3)4/h5-7H,4H2,1-3H3;(H2,2,3,4). The van der Waals surface area contributed by atoms with Gasteiger partial charge in [-0.2, -0.15) is 0 Å². The molecule has 0 aliphatic heterocycles. The summed E-state index contributed by atoms with van der Waals surface area (Å²) in [6.45, 7) is 6.59. The van der Waals surface area contributed by atoms with Gasteiger partial charge in [-0.1, -0.05) is 6.92 Å². The molecule has 0 amide bonds. The lowest BCUT2D eigenvalue weighted by molar-refractivity contribution is 0.137. The van der Waals surface area contributed by atoms with Gasteiger partial charge < -0.3 is 14.8 Å². The highest BCUT2D eigenvalue weighted by atomic mass is 16.6. The molecular weight excluding hydrogens is 184 g/mol. The normalized spacial score (nSPS) is 10.2. The number of hydrogen-bond donors (Lipinski definition) is 2. The predicted octanol–water partition coefficient (Wildman–Crippen LogP) is 2.25. The van der Waals surface area contributed by atoms with Gasteiger partial charge in [0.2, 0.25) is 0 Å². The molecule has 0 bridgehead atoms. The van der Waals surface area contributed by atoms with Crippen LogP contribution in [0.5, 0.6) is 0 Å². The molecule has 0 aromatic carbocycles. The van der Waals surface area contributed by atoms with Crippen molar-refractivity contribution in [2.45, 2.75) is 32.7 Å². The van der Waals surface area contributed by atoms with Crippen molar-refractivity contribution in [3.05, 3.63) is 18.7 Å². The number of aromatic nitrogens is 2. The van der Waals surface area contributed by atoms with Gasteiger partial charge in [-0.3, -0.25) is 0 Å². The van der Waals surface area contributed by atoms with Crippen LogP contribution in [0.25, 0.3) is 0 Å². The van der Waals surface area contributed by atoms with E-state index in [0.717, 1.165) is 6.42 Å². The van der Waals surface area contributed by atoms with Gasteiger partial charge in [0.1, 0.15) is 0 Å². The summed E-state index contributed by atoms with van der Waals surface area (Å²) in [5.41, 5.74) is 0.219. The van der Waals surface area contributed by atoms with Crippen molar-refractivity contribution in [2.75, 3.05) is 0 Å². The van der Waals surface area contributed by atoms with Crippen LogP contribution in [0.15, 0.2) is 18.7 Å². The molecule has 1 heterocycles. The molecule has 5 nitrogen and oxygen atoms in total. The lowest BCUT2D eigenvalue weighted by Crippen LogP contribution is -2.23. The highest BCUT2D eigenvalue weighted by Gasteiger charge is 2.15. The van der Waals surface area contributed by atoms with E-state index in [1.165, 1.54) is 0 Å². The number of nitrogens with zero attached hydrogens (tertiary/aromatic N) is 2. The molecule has 1 aromatic heterocycles. The zero-order chi connectivity index (χ0) is 11.2. The molecule has 0 saturated heterocycles. The molecule has 0 unspecified atom stereocenters. The van der Waals surface area contributed by atoms with Crippen LogP contribution in [0.3, 0.4) is 0 Å². The van der Waals surface area contributed by atoms with E-state index in [9.17, 15) is 0 Å². The fourth-order valence-corrected chi connectivity index (χ4v) is 0.800.